The Morgan fingerprint density at radius 2 is 1.81 bits per heavy atom. The number of alkyl carbamates (subject to hydrolysis) is 1. The van der Waals surface area contributed by atoms with Gasteiger partial charge in [0.25, 0.3) is 0 Å². The topological polar surface area (TPSA) is 132 Å². The van der Waals surface area contributed by atoms with Crippen LogP contribution in [0.4, 0.5) is 4.79 Å². The van der Waals surface area contributed by atoms with E-state index in [-0.39, 0.29) is 12.1 Å². The number of aliphatic hydroxyl groups is 1. The highest BCUT2D eigenvalue weighted by Gasteiger charge is 2.37. The van der Waals surface area contributed by atoms with Crippen LogP contribution in [0.1, 0.15) is 46.5 Å². The van der Waals surface area contributed by atoms with Crippen molar-refractivity contribution >= 4 is 29.5 Å². The summed E-state index contributed by atoms with van der Waals surface area (Å²) in [6.07, 6.45) is 2.15. The maximum atomic E-state index is 12.5. The van der Waals surface area contributed by atoms with Crippen molar-refractivity contribution in [2.75, 3.05) is 20.6 Å². The number of aliphatic hydroxyl groups excluding tert-OH is 1. The van der Waals surface area contributed by atoms with Gasteiger partial charge in [-0.3, -0.25) is 19.8 Å². The number of hydrogen-bond donors (Lipinski definition) is 5. The lowest BCUT2D eigenvalue weighted by molar-refractivity contribution is -0.140. The van der Waals surface area contributed by atoms with Crippen LogP contribution in [0.2, 0.25) is 0 Å². The molecule has 1 unspecified atom stereocenters. The largest absolute Gasteiger partial charge is 0.444 e. The molecule has 0 bridgehead atoms. The van der Waals surface area contributed by atoms with Crippen LogP contribution in [0, 0.1) is 5.92 Å². The van der Waals surface area contributed by atoms with E-state index in [0.717, 1.165) is 0 Å². The minimum absolute atomic E-state index is 0.102. The molecule has 0 radical (unpaired) electrons. The van der Waals surface area contributed by atoms with Gasteiger partial charge in [0.1, 0.15) is 11.8 Å². The minimum Gasteiger partial charge on any atom is -0.444 e. The van der Waals surface area contributed by atoms with E-state index in [1.165, 1.54) is 0 Å². The average molecular weight is 474 g/mol. The summed E-state index contributed by atoms with van der Waals surface area (Å²) < 4.78 is 5.35. The van der Waals surface area contributed by atoms with Gasteiger partial charge in [-0.2, -0.15) is 0 Å². The van der Waals surface area contributed by atoms with Crippen LogP contribution in [0.3, 0.4) is 0 Å². The van der Waals surface area contributed by atoms with Gasteiger partial charge in [0.15, 0.2) is 0 Å². The zero-order chi connectivity index (χ0) is 24.1. The van der Waals surface area contributed by atoms with E-state index in [1.54, 1.807) is 45.8 Å². The van der Waals surface area contributed by atoms with Gasteiger partial charge in [-0.05, 0) is 54.1 Å². The number of hydrogen-bond acceptors (Lipinski definition) is 7. The highest BCUT2D eigenvalue weighted by molar-refractivity contribution is 6.35. The first kappa shape index (κ1) is 26.4. The number of ether oxygens (including phenoxy) is 1. The molecular weight excluding hydrogens is 438 g/mol. The van der Waals surface area contributed by atoms with E-state index in [2.05, 4.69) is 21.3 Å². The highest BCUT2D eigenvalue weighted by Crippen LogP contribution is 2.28. The summed E-state index contributed by atoms with van der Waals surface area (Å²) in [4.78, 5) is 39.0. The van der Waals surface area contributed by atoms with Gasteiger partial charge in [-0.1, -0.05) is 17.7 Å². The lowest BCUT2D eigenvalue weighted by Crippen LogP contribution is -2.59. The standard InChI is InChI=1S/C21H36ClN5O5/c1-21(2,3)32-20(31)25-15-10-12(19(30)27(4)5)6-8-14(15)24-17(28)18(29)26-16-9-7-13(22)11-23-16/h7,12,14-16,19,23,30H,6,8-11H2,1-5H3,(H,24,28)(H,25,31)(H,26,29)/t12-,14-,15+,16?,19+/m0/s1. The number of rotatable bonds is 5. The Morgan fingerprint density at radius 3 is 2.38 bits per heavy atom. The molecule has 10 nitrogen and oxygen atoms in total. The van der Waals surface area contributed by atoms with Crippen molar-refractivity contribution in [3.63, 3.8) is 0 Å². The van der Waals surface area contributed by atoms with Crippen molar-refractivity contribution in [1.29, 1.82) is 0 Å². The van der Waals surface area contributed by atoms with Crippen LogP contribution in [0.15, 0.2) is 11.1 Å². The Balaban J connectivity index is 2.01. The first-order chi connectivity index (χ1) is 14.9. The summed E-state index contributed by atoms with van der Waals surface area (Å²) in [5.41, 5.74) is -0.676. The second kappa shape index (κ2) is 11.3. The fraction of sp³-hybridized carbons (Fsp3) is 0.762. The smallest absolute Gasteiger partial charge is 0.407 e. The van der Waals surface area contributed by atoms with Gasteiger partial charge in [-0.25, -0.2) is 4.79 Å². The molecule has 1 aliphatic heterocycles. The van der Waals surface area contributed by atoms with Crippen molar-refractivity contribution in [2.45, 2.75) is 76.5 Å². The third-order valence-electron chi connectivity index (χ3n) is 5.46. The molecule has 0 spiro atoms. The van der Waals surface area contributed by atoms with Crippen LogP contribution in [0.5, 0.6) is 0 Å². The predicted octanol–water partition coefficient (Wildman–Crippen LogP) is 0.603. The molecule has 0 aromatic carbocycles. The summed E-state index contributed by atoms with van der Waals surface area (Å²) in [6.45, 7) is 5.71. The van der Waals surface area contributed by atoms with Crippen LogP contribution in [0.25, 0.3) is 0 Å². The lowest BCUT2D eigenvalue weighted by Gasteiger charge is -2.40. The van der Waals surface area contributed by atoms with Crippen molar-refractivity contribution < 1.29 is 24.2 Å². The number of nitrogens with one attached hydrogen (secondary N) is 4. The van der Waals surface area contributed by atoms with Gasteiger partial charge in [-0.15, -0.1) is 0 Å². The quantitative estimate of drug-likeness (QED) is 0.292. The summed E-state index contributed by atoms with van der Waals surface area (Å²) in [7, 11) is 3.56. The number of nitrogens with zero attached hydrogens (tertiary/aromatic N) is 1. The Hall–Kier alpha value is -1.88. The molecule has 5 atom stereocenters. The molecule has 3 amide bonds. The average Bonchev–Trinajstić information content (AvgIpc) is 2.68. The normalized spacial score (nSPS) is 27.2. The van der Waals surface area contributed by atoms with E-state index in [0.29, 0.717) is 37.3 Å². The summed E-state index contributed by atoms with van der Waals surface area (Å²) >= 11 is 5.90. The minimum atomic E-state index is -0.778. The van der Waals surface area contributed by atoms with E-state index < -0.39 is 41.8 Å². The van der Waals surface area contributed by atoms with Crippen molar-refractivity contribution in [3.8, 4) is 0 Å². The fourth-order valence-corrected chi connectivity index (χ4v) is 4.04. The summed E-state index contributed by atoms with van der Waals surface area (Å²) in [5.74, 6) is -1.64. The van der Waals surface area contributed by atoms with E-state index in [4.69, 9.17) is 16.3 Å². The number of carbonyl (C=O) groups excluding carboxylic acids is 3. The Labute approximate surface area is 194 Å². The molecule has 0 aromatic rings. The summed E-state index contributed by atoms with van der Waals surface area (Å²) in [6, 6.07) is -0.968. The molecule has 32 heavy (non-hydrogen) atoms. The first-order valence-corrected chi connectivity index (χ1v) is 11.3. The summed E-state index contributed by atoms with van der Waals surface area (Å²) in [5, 5.41) is 22.3. The fourth-order valence-electron chi connectivity index (χ4n) is 3.88. The molecule has 2 rings (SSSR count). The van der Waals surface area contributed by atoms with Crippen molar-refractivity contribution in [1.82, 2.24) is 26.2 Å². The molecule has 11 heteroatoms. The predicted molar refractivity (Wildman–Crippen MR) is 121 cm³/mol. The third-order valence-corrected chi connectivity index (χ3v) is 5.75. The Bertz CT molecular complexity index is 724. The van der Waals surface area contributed by atoms with Crippen molar-refractivity contribution in [2.24, 2.45) is 5.92 Å². The van der Waals surface area contributed by atoms with Crippen LogP contribution < -0.4 is 21.3 Å². The lowest BCUT2D eigenvalue weighted by atomic mass is 9.81. The van der Waals surface area contributed by atoms with Crippen LogP contribution >= 0.6 is 11.6 Å². The molecule has 0 aromatic heterocycles. The monoisotopic (exact) mass is 473 g/mol. The van der Waals surface area contributed by atoms with Gasteiger partial charge in [0.05, 0.1) is 12.2 Å². The zero-order valence-electron chi connectivity index (χ0n) is 19.4. The third kappa shape index (κ3) is 8.23. The zero-order valence-corrected chi connectivity index (χ0v) is 20.2. The van der Waals surface area contributed by atoms with Crippen LogP contribution in [-0.2, 0) is 14.3 Å². The molecule has 1 fully saturated rings. The second-order valence-electron chi connectivity index (χ2n) is 9.58. The highest BCUT2D eigenvalue weighted by atomic mass is 35.5. The molecule has 1 saturated carbocycles. The Kier molecular flexibility index (Phi) is 9.32. The molecular formula is C21H36ClN5O5. The number of carbonyl (C=O) groups is 3. The van der Waals surface area contributed by atoms with Crippen molar-refractivity contribution in [3.05, 3.63) is 11.1 Å². The maximum Gasteiger partial charge on any atom is 0.407 e. The van der Waals surface area contributed by atoms with Crippen LogP contribution in [-0.4, -0.2) is 78.6 Å². The van der Waals surface area contributed by atoms with E-state index in [1.807, 2.05) is 0 Å². The van der Waals surface area contributed by atoms with E-state index >= 15 is 0 Å². The molecule has 0 saturated heterocycles. The molecule has 182 valence electrons. The SMILES string of the molecule is CN(C)[C@H](O)[C@H]1CC[C@H](NC(=O)C(=O)NC2CC=C(Cl)CN2)[C@H](NC(=O)OC(C)(C)C)C1. The Morgan fingerprint density at radius 1 is 1.16 bits per heavy atom. The van der Waals surface area contributed by atoms with Gasteiger partial charge in [0.2, 0.25) is 0 Å². The van der Waals surface area contributed by atoms with Gasteiger partial charge in [0, 0.05) is 30.0 Å². The second-order valence-corrected chi connectivity index (χ2v) is 10.1. The maximum absolute atomic E-state index is 12.5. The van der Waals surface area contributed by atoms with E-state index in [9.17, 15) is 19.5 Å². The number of halogens is 1. The molecule has 1 heterocycles. The van der Waals surface area contributed by atoms with Gasteiger partial charge < -0.3 is 25.8 Å². The first-order valence-electron chi connectivity index (χ1n) is 10.9. The van der Waals surface area contributed by atoms with Gasteiger partial charge >= 0.3 is 17.9 Å². The number of amides is 3. The molecule has 5 N–H and O–H groups in total. The molecule has 2 aliphatic rings. The molecule has 1 aliphatic carbocycles.